The molecule has 58 valence electrons. The molecule has 3 heteroatoms. The molecule has 0 spiro atoms. The fourth-order valence-electron chi connectivity index (χ4n) is 0.928. The van der Waals surface area contributed by atoms with Crippen molar-refractivity contribution in [1.29, 1.82) is 0 Å². The van der Waals surface area contributed by atoms with Crippen molar-refractivity contribution in [2.75, 3.05) is 18.8 Å². The van der Waals surface area contributed by atoms with Crippen molar-refractivity contribution in [2.45, 2.75) is 6.92 Å². The lowest BCUT2D eigenvalue weighted by Crippen LogP contribution is -3.00. The third-order valence-corrected chi connectivity index (χ3v) is 2.53. The summed E-state index contributed by atoms with van der Waals surface area (Å²) in [6.07, 6.45) is 1.95. The van der Waals surface area contributed by atoms with Gasteiger partial charge in [-0.25, -0.2) is 4.58 Å². The first-order valence-corrected chi connectivity index (χ1v) is 4.15. The van der Waals surface area contributed by atoms with E-state index in [9.17, 15) is 0 Å². The molecule has 0 radical (unpaired) electrons. The highest BCUT2D eigenvalue weighted by Crippen LogP contribution is 2.10. The summed E-state index contributed by atoms with van der Waals surface area (Å²) in [5.74, 6) is 1.25. The zero-order chi connectivity index (χ0) is 6.69. The number of halogens is 1. The summed E-state index contributed by atoms with van der Waals surface area (Å²) < 4.78 is 2.34. The Kier molecular flexibility index (Phi) is 5.09. The lowest BCUT2D eigenvalue weighted by Gasteiger charge is -1.90. The average molecular weight is 222 g/mol. The highest BCUT2D eigenvalue weighted by atomic mass is 79.9. The second kappa shape index (κ2) is 4.97. The molecule has 1 heterocycles. The summed E-state index contributed by atoms with van der Waals surface area (Å²) in [6.45, 7) is 8.07. The molecule has 1 aliphatic rings. The number of thioether (sulfide) groups is 1. The van der Waals surface area contributed by atoms with Crippen LogP contribution in [0.1, 0.15) is 6.92 Å². The second-order valence-corrected chi connectivity index (χ2v) is 3.39. The van der Waals surface area contributed by atoms with Crippen LogP contribution in [-0.4, -0.2) is 28.5 Å². The fraction of sp³-hybridized carbons (Fsp3) is 0.571. The normalized spacial score (nSPS) is 16.9. The first-order chi connectivity index (χ1) is 4.34. The molecule has 0 fully saturated rings. The van der Waals surface area contributed by atoms with Crippen molar-refractivity contribution >= 4 is 16.8 Å². The van der Waals surface area contributed by atoms with Crippen molar-refractivity contribution < 1.29 is 21.6 Å². The van der Waals surface area contributed by atoms with Crippen LogP contribution in [-0.2, 0) is 0 Å². The van der Waals surface area contributed by atoms with Crippen molar-refractivity contribution in [2.24, 2.45) is 0 Å². The van der Waals surface area contributed by atoms with Crippen LogP contribution in [0.2, 0.25) is 0 Å². The van der Waals surface area contributed by atoms with Gasteiger partial charge in [0.1, 0.15) is 0 Å². The number of nitrogens with zero attached hydrogens (tertiary/aromatic N) is 1. The highest BCUT2D eigenvalue weighted by Gasteiger charge is 2.16. The van der Waals surface area contributed by atoms with Gasteiger partial charge in [0.25, 0.3) is 0 Å². The molecule has 0 atom stereocenters. The number of hydrogen-bond acceptors (Lipinski definition) is 1. The van der Waals surface area contributed by atoms with Crippen LogP contribution >= 0.6 is 11.8 Å². The lowest BCUT2D eigenvalue weighted by atomic mass is 10.5. The van der Waals surface area contributed by atoms with Crippen molar-refractivity contribution in [3.63, 3.8) is 0 Å². The summed E-state index contributed by atoms with van der Waals surface area (Å²) in [4.78, 5) is 0. The van der Waals surface area contributed by atoms with Crippen LogP contribution in [0.15, 0.2) is 12.7 Å². The van der Waals surface area contributed by atoms with E-state index in [4.69, 9.17) is 0 Å². The van der Waals surface area contributed by atoms with E-state index in [-0.39, 0.29) is 17.0 Å². The molecule has 0 aliphatic carbocycles. The smallest absolute Gasteiger partial charge is 0.207 e. The maximum atomic E-state index is 3.69. The van der Waals surface area contributed by atoms with Crippen LogP contribution < -0.4 is 17.0 Å². The molecule has 1 nitrogen and oxygen atoms in total. The highest BCUT2D eigenvalue weighted by molar-refractivity contribution is 8.13. The first-order valence-electron chi connectivity index (χ1n) is 3.17. The Bertz CT molecular complexity index is 154. The molecule has 0 N–H and O–H groups in total. The molecule has 0 saturated heterocycles. The van der Waals surface area contributed by atoms with E-state index < -0.39 is 0 Å². The predicted molar refractivity (Wildman–Crippen MR) is 43.3 cm³/mol. The predicted octanol–water partition coefficient (Wildman–Crippen LogP) is -1.65. The Balaban J connectivity index is 0.000000810. The monoisotopic (exact) mass is 221 g/mol. The van der Waals surface area contributed by atoms with E-state index in [1.165, 1.54) is 17.3 Å². The van der Waals surface area contributed by atoms with Gasteiger partial charge < -0.3 is 17.0 Å². The molecule has 0 amide bonds. The SMILES string of the molecule is C=CC[N+]1=C(C)SCC1.[Br-]. The number of rotatable bonds is 2. The van der Waals surface area contributed by atoms with Gasteiger partial charge in [-0.3, -0.25) is 0 Å². The minimum Gasteiger partial charge on any atom is -1.00 e. The van der Waals surface area contributed by atoms with Crippen LogP contribution in [0, 0.1) is 0 Å². The van der Waals surface area contributed by atoms with Gasteiger partial charge in [-0.05, 0) is 6.08 Å². The summed E-state index contributed by atoms with van der Waals surface area (Å²) in [5, 5.41) is 1.44. The summed E-state index contributed by atoms with van der Waals surface area (Å²) in [6, 6.07) is 0. The minimum atomic E-state index is 0. The minimum absolute atomic E-state index is 0. The van der Waals surface area contributed by atoms with Gasteiger partial charge in [-0.2, -0.15) is 0 Å². The fourth-order valence-corrected chi connectivity index (χ4v) is 1.88. The van der Waals surface area contributed by atoms with E-state index >= 15 is 0 Å². The molecular weight excluding hydrogens is 210 g/mol. The third kappa shape index (κ3) is 2.46. The van der Waals surface area contributed by atoms with Crippen LogP contribution in [0.5, 0.6) is 0 Å². The van der Waals surface area contributed by atoms with Gasteiger partial charge in [-0.1, -0.05) is 18.3 Å². The van der Waals surface area contributed by atoms with Crippen molar-refractivity contribution in [3.8, 4) is 0 Å². The topological polar surface area (TPSA) is 3.01 Å². The van der Waals surface area contributed by atoms with Crippen molar-refractivity contribution in [3.05, 3.63) is 12.7 Å². The van der Waals surface area contributed by atoms with Crippen LogP contribution in [0.3, 0.4) is 0 Å². The Morgan fingerprint density at radius 3 is 2.90 bits per heavy atom. The number of hydrogen-bond donors (Lipinski definition) is 0. The van der Waals surface area contributed by atoms with E-state index in [0.717, 1.165) is 6.54 Å². The largest absolute Gasteiger partial charge is 1.00 e. The molecule has 0 bridgehead atoms. The third-order valence-electron chi connectivity index (χ3n) is 1.47. The van der Waals surface area contributed by atoms with Gasteiger partial charge in [0.15, 0.2) is 13.1 Å². The Morgan fingerprint density at radius 1 is 1.80 bits per heavy atom. The van der Waals surface area contributed by atoms with Crippen LogP contribution in [0.4, 0.5) is 0 Å². The maximum absolute atomic E-state index is 3.69. The first kappa shape index (κ1) is 10.2. The van der Waals surface area contributed by atoms with Crippen molar-refractivity contribution in [1.82, 2.24) is 0 Å². The quantitative estimate of drug-likeness (QED) is 0.400. The standard InChI is InChI=1S/C7H12NS.BrH/c1-3-4-8-5-6-9-7(8)2;/h3H,1,4-6H2,2H3;1H/q+1;/p-1. The molecule has 0 aromatic carbocycles. The van der Waals surface area contributed by atoms with Gasteiger partial charge >= 0.3 is 0 Å². The summed E-state index contributed by atoms with van der Waals surface area (Å²) >= 11 is 1.94. The lowest BCUT2D eigenvalue weighted by molar-refractivity contribution is -0.507. The molecule has 0 aromatic rings. The summed E-state index contributed by atoms with van der Waals surface area (Å²) in [5.41, 5.74) is 0. The molecule has 10 heavy (non-hydrogen) atoms. The Labute approximate surface area is 77.0 Å². The molecular formula is C7H12BrNS. The van der Waals surface area contributed by atoms with E-state index in [1.807, 2.05) is 17.8 Å². The van der Waals surface area contributed by atoms with Crippen LogP contribution in [0.25, 0.3) is 0 Å². The summed E-state index contributed by atoms with van der Waals surface area (Å²) in [7, 11) is 0. The molecule has 0 saturated carbocycles. The van der Waals surface area contributed by atoms with E-state index in [1.54, 1.807) is 0 Å². The van der Waals surface area contributed by atoms with Gasteiger partial charge in [0.2, 0.25) is 5.04 Å². The van der Waals surface area contributed by atoms with E-state index in [2.05, 4.69) is 18.1 Å². The molecule has 0 aromatic heterocycles. The van der Waals surface area contributed by atoms with Gasteiger partial charge in [-0.15, -0.1) is 0 Å². The zero-order valence-electron chi connectivity index (χ0n) is 6.14. The Hall–Kier alpha value is 0.240. The maximum Gasteiger partial charge on any atom is 0.207 e. The van der Waals surface area contributed by atoms with Gasteiger partial charge in [0.05, 0.1) is 5.75 Å². The molecule has 1 aliphatic heterocycles. The zero-order valence-corrected chi connectivity index (χ0v) is 8.54. The Morgan fingerprint density at radius 2 is 2.50 bits per heavy atom. The molecule has 1 rings (SSSR count). The van der Waals surface area contributed by atoms with E-state index in [0.29, 0.717) is 0 Å². The average Bonchev–Trinajstić information content (AvgIpc) is 2.18. The van der Waals surface area contributed by atoms with Gasteiger partial charge in [0, 0.05) is 6.92 Å². The second-order valence-electron chi connectivity index (χ2n) is 2.10. The molecule has 0 unspecified atom stereocenters.